The van der Waals surface area contributed by atoms with E-state index in [1.165, 1.54) is 31.4 Å². The Morgan fingerprint density at radius 3 is 2.39 bits per heavy atom. The van der Waals surface area contributed by atoms with E-state index in [2.05, 4.69) is 4.98 Å². The SMILES string of the molecule is COc1ccc(-c2oc(CC(=O)O)nc2-c2ccc(S(N)(=O)=O)cc2)cc1Cl. The van der Waals surface area contributed by atoms with E-state index in [1.54, 1.807) is 18.2 Å². The molecule has 0 fully saturated rings. The standard InChI is InChI=1S/C18H15ClN2O6S/c1-26-14-7-4-11(8-13(14)19)18-17(21-15(27-18)9-16(22)23)10-2-5-12(6-3-10)28(20,24)25/h2-8H,9H2,1H3,(H,22,23)(H2,20,24,25). The van der Waals surface area contributed by atoms with Crippen LogP contribution in [0.3, 0.4) is 0 Å². The summed E-state index contributed by atoms with van der Waals surface area (Å²) in [5.41, 5.74) is 1.42. The van der Waals surface area contributed by atoms with Crippen molar-refractivity contribution in [3.63, 3.8) is 0 Å². The number of oxazole rings is 1. The first-order valence-electron chi connectivity index (χ1n) is 7.87. The first kappa shape index (κ1) is 19.9. The molecule has 1 heterocycles. The van der Waals surface area contributed by atoms with Crippen LogP contribution in [0.25, 0.3) is 22.6 Å². The minimum Gasteiger partial charge on any atom is -0.495 e. The average Bonchev–Trinajstić information content (AvgIpc) is 3.04. The minimum atomic E-state index is -3.84. The van der Waals surface area contributed by atoms with Crippen molar-refractivity contribution in [3.05, 3.63) is 53.4 Å². The molecule has 10 heteroatoms. The van der Waals surface area contributed by atoms with Gasteiger partial charge in [-0.2, -0.15) is 0 Å². The molecule has 0 aliphatic carbocycles. The summed E-state index contributed by atoms with van der Waals surface area (Å²) in [6, 6.07) is 10.6. The van der Waals surface area contributed by atoms with Gasteiger partial charge in [0.15, 0.2) is 5.76 Å². The maximum atomic E-state index is 11.4. The number of benzene rings is 2. The number of ether oxygens (including phenoxy) is 1. The maximum absolute atomic E-state index is 11.4. The van der Waals surface area contributed by atoms with Gasteiger partial charge in [0.25, 0.3) is 0 Å². The highest BCUT2D eigenvalue weighted by molar-refractivity contribution is 7.89. The summed E-state index contributed by atoms with van der Waals surface area (Å²) in [5.74, 6) is -0.337. The van der Waals surface area contributed by atoms with Gasteiger partial charge in [-0.25, -0.2) is 18.5 Å². The number of hydrogen-bond acceptors (Lipinski definition) is 6. The zero-order valence-electron chi connectivity index (χ0n) is 14.5. The number of halogens is 1. The lowest BCUT2D eigenvalue weighted by atomic mass is 10.1. The van der Waals surface area contributed by atoms with Crippen LogP contribution in [0, 0.1) is 0 Å². The molecule has 0 bridgehead atoms. The van der Waals surface area contributed by atoms with Gasteiger partial charge in [-0.15, -0.1) is 0 Å². The summed E-state index contributed by atoms with van der Waals surface area (Å²) >= 11 is 6.18. The summed E-state index contributed by atoms with van der Waals surface area (Å²) in [7, 11) is -2.36. The van der Waals surface area contributed by atoms with Crippen LogP contribution in [-0.2, 0) is 21.2 Å². The molecule has 0 aliphatic rings. The van der Waals surface area contributed by atoms with Crippen LogP contribution in [0.1, 0.15) is 5.89 Å². The molecule has 3 N–H and O–H groups in total. The van der Waals surface area contributed by atoms with Crippen molar-refractivity contribution >= 4 is 27.6 Å². The van der Waals surface area contributed by atoms with Gasteiger partial charge in [0.05, 0.1) is 17.0 Å². The van der Waals surface area contributed by atoms with Gasteiger partial charge in [-0.05, 0) is 30.3 Å². The van der Waals surface area contributed by atoms with Crippen LogP contribution in [-0.4, -0.2) is 31.6 Å². The zero-order chi connectivity index (χ0) is 20.5. The molecular weight excluding hydrogens is 408 g/mol. The molecule has 0 radical (unpaired) electrons. The highest BCUT2D eigenvalue weighted by Crippen LogP contribution is 2.36. The van der Waals surface area contributed by atoms with Gasteiger partial charge in [0, 0.05) is 11.1 Å². The van der Waals surface area contributed by atoms with E-state index < -0.39 is 22.4 Å². The van der Waals surface area contributed by atoms with E-state index in [-0.39, 0.29) is 10.8 Å². The van der Waals surface area contributed by atoms with Crippen LogP contribution in [0.15, 0.2) is 51.8 Å². The van der Waals surface area contributed by atoms with Gasteiger partial charge in [0.1, 0.15) is 17.9 Å². The van der Waals surface area contributed by atoms with Crippen LogP contribution < -0.4 is 9.88 Å². The number of nitrogens with zero attached hydrogens (tertiary/aromatic N) is 1. The van der Waals surface area contributed by atoms with Crippen molar-refractivity contribution in [2.24, 2.45) is 5.14 Å². The van der Waals surface area contributed by atoms with Gasteiger partial charge >= 0.3 is 5.97 Å². The average molecular weight is 423 g/mol. The Kier molecular flexibility index (Phi) is 5.41. The van der Waals surface area contributed by atoms with Crippen LogP contribution >= 0.6 is 11.6 Å². The zero-order valence-corrected chi connectivity index (χ0v) is 16.1. The topological polar surface area (TPSA) is 133 Å². The van der Waals surface area contributed by atoms with Crippen LogP contribution in [0.2, 0.25) is 5.02 Å². The second-order valence-corrected chi connectivity index (χ2v) is 7.74. The van der Waals surface area contributed by atoms with Crippen molar-refractivity contribution < 1.29 is 27.5 Å². The van der Waals surface area contributed by atoms with E-state index in [1.807, 2.05) is 0 Å². The second kappa shape index (κ2) is 7.63. The minimum absolute atomic E-state index is 0.0000339. The fourth-order valence-electron chi connectivity index (χ4n) is 2.57. The second-order valence-electron chi connectivity index (χ2n) is 5.77. The Hall–Kier alpha value is -2.88. The Labute approximate surface area is 165 Å². The number of aliphatic carboxylic acids is 1. The number of aromatic nitrogens is 1. The quantitative estimate of drug-likeness (QED) is 0.623. The molecule has 0 atom stereocenters. The Morgan fingerprint density at radius 2 is 1.86 bits per heavy atom. The molecular formula is C18H15ClN2O6S. The Morgan fingerprint density at radius 1 is 1.21 bits per heavy atom. The molecule has 1 aromatic heterocycles. The van der Waals surface area contributed by atoms with Crippen LogP contribution in [0.4, 0.5) is 0 Å². The summed E-state index contributed by atoms with van der Waals surface area (Å²) in [4.78, 5) is 15.2. The molecule has 0 aliphatic heterocycles. The molecule has 0 saturated heterocycles. The summed E-state index contributed by atoms with van der Waals surface area (Å²) < 4.78 is 33.7. The van der Waals surface area contributed by atoms with E-state index in [9.17, 15) is 13.2 Å². The molecule has 0 spiro atoms. The molecule has 146 valence electrons. The van der Waals surface area contributed by atoms with Gasteiger partial charge in [0.2, 0.25) is 15.9 Å². The number of sulfonamides is 1. The predicted molar refractivity (Wildman–Crippen MR) is 102 cm³/mol. The monoisotopic (exact) mass is 422 g/mol. The summed E-state index contributed by atoms with van der Waals surface area (Å²) in [5, 5.41) is 14.5. The number of carbonyl (C=O) groups is 1. The fourth-order valence-corrected chi connectivity index (χ4v) is 3.34. The van der Waals surface area contributed by atoms with Gasteiger partial charge in [-0.1, -0.05) is 23.7 Å². The fraction of sp³-hybridized carbons (Fsp3) is 0.111. The molecule has 0 unspecified atom stereocenters. The number of nitrogens with two attached hydrogens (primary N) is 1. The highest BCUT2D eigenvalue weighted by Gasteiger charge is 2.20. The molecule has 28 heavy (non-hydrogen) atoms. The molecule has 0 saturated carbocycles. The number of carboxylic acids is 1. The van der Waals surface area contributed by atoms with Crippen LogP contribution in [0.5, 0.6) is 5.75 Å². The van der Waals surface area contributed by atoms with Crippen molar-refractivity contribution in [2.75, 3.05) is 7.11 Å². The van der Waals surface area contributed by atoms with Crippen molar-refractivity contribution in [3.8, 4) is 28.3 Å². The van der Waals surface area contributed by atoms with E-state index >= 15 is 0 Å². The first-order chi connectivity index (χ1) is 13.2. The lowest BCUT2D eigenvalue weighted by Crippen LogP contribution is -2.11. The third-order valence-corrected chi connectivity index (χ3v) is 5.07. The van der Waals surface area contributed by atoms with E-state index in [4.69, 9.17) is 31.0 Å². The number of hydrogen-bond donors (Lipinski definition) is 2. The Bertz CT molecular complexity index is 1140. The van der Waals surface area contributed by atoms with Gasteiger partial charge < -0.3 is 14.3 Å². The largest absolute Gasteiger partial charge is 0.495 e. The third-order valence-electron chi connectivity index (χ3n) is 3.84. The summed E-state index contributed by atoms with van der Waals surface area (Å²) in [6.45, 7) is 0. The normalized spacial score (nSPS) is 11.4. The van der Waals surface area contributed by atoms with Crippen molar-refractivity contribution in [1.82, 2.24) is 4.98 Å². The number of primary sulfonamides is 1. The number of methoxy groups -OCH3 is 1. The number of rotatable bonds is 6. The first-order valence-corrected chi connectivity index (χ1v) is 9.80. The predicted octanol–water partition coefficient (Wildman–Crippen LogP) is 2.95. The van der Waals surface area contributed by atoms with Crippen molar-refractivity contribution in [2.45, 2.75) is 11.3 Å². The van der Waals surface area contributed by atoms with E-state index in [0.29, 0.717) is 33.4 Å². The molecule has 8 nitrogen and oxygen atoms in total. The highest BCUT2D eigenvalue weighted by atomic mass is 35.5. The van der Waals surface area contributed by atoms with Crippen molar-refractivity contribution in [1.29, 1.82) is 0 Å². The smallest absolute Gasteiger partial charge is 0.312 e. The Balaban J connectivity index is 2.13. The lowest BCUT2D eigenvalue weighted by Gasteiger charge is -2.06. The number of carboxylic acid groups (broad SMARTS) is 1. The maximum Gasteiger partial charge on any atom is 0.312 e. The molecule has 2 aromatic carbocycles. The van der Waals surface area contributed by atoms with E-state index in [0.717, 1.165) is 0 Å². The lowest BCUT2D eigenvalue weighted by molar-refractivity contribution is -0.136. The summed E-state index contributed by atoms with van der Waals surface area (Å²) in [6.07, 6.45) is -0.411. The molecule has 0 amide bonds. The third kappa shape index (κ3) is 4.16. The molecule has 3 aromatic rings. The molecule has 3 rings (SSSR count). The van der Waals surface area contributed by atoms with Gasteiger partial charge in [-0.3, -0.25) is 4.79 Å².